The van der Waals surface area contributed by atoms with Gasteiger partial charge < -0.3 is 0 Å². The minimum atomic E-state index is 0.375. The lowest BCUT2D eigenvalue weighted by Crippen LogP contribution is -1.99. The second-order valence-corrected chi connectivity index (χ2v) is 3.52. The lowest BCUT2D eigenvalue weighted by Gasteiger charge is -2.01. The number of halogens is 1. The maximum atomic E-state index is 5.99. The Labute approximate surface area is 95.7 Å². The predicted octanol–water partition coefficient (Wildman–Crippen LogP) is 1.86. The van der Waals surface area contributed by atoms with Gasteiger partial charge in [0.15, 0.2) is 10.8 Å². The summed E-state index contributed by atoms with van der Waals surface area (Å²) >= 11 is 5.99. The summed E-state index contributed by atoms with van der Waals surface area (Å²) in [5, 5.41) is 8.38. The Bertz CT molecular complexity index is 648. The number of nitrogens with zero attached hydrogens (tertiary/aromatic N) is 5. The first-order chi connectivity index (χ1) is 7.86. The fourth-order valence-electron chi connectivity index (χ4n) is 1.46. The average Bonchev–Trinajstić information content (AvgIpc) is 2.74. The number of rotatable bonds is 1. The molecule has 0 aliphatic heterocycles. The molecule has 3 aromatic heterocycles. The zero-order valence-electron chi connectivity index (χ0n) is 8.08. The number of aromatic nitrogens is 5. The third-order valence-corrected chi connectivity index (χ3v) is 2.47. The SMILES string of the molecule is Clc1ncccc1-n1nnc2cccnc21. The van der Waals surface area contributed by atoms with Gasteiger partial charge in [-0.1, -0.05) is 16.8 Å². The van der Waals surface area contributed by atoms with Gasteiger partial charge in [0.25, 0.3) is 0 Å². The second-order valence-electron chi connectivity index (χ2n) is 3.16. The predicted molar refractivity (Wildman–Crippen MR) is 59.5 cm³/mol. The number of pyridine rings is 2. The maximum absolute atomic E-state index is 5.99. The van der Waals surface area contributed by atoms with Crippen LogP contribution in [0.1, 0.15) is 0 Å². The topological polar surface area (TPSA) is 56.5 Å². The summed E-state index contributed by atoms with van der Waals surface area (Å²) in [4.78, 5) is 8.20. The fraction of sp³-hybridized carbons (Fsp3) is 0. The van der Waals surface area contributed by atoms with Crippen molar-refractivity contribution in [3.8, 4) is 5.69 Å². The molecule has 0 aromatic carbocycles. The molecule has 0 fully saturated rings. The molecule has 78 valence electrons. The van der Waals surface area contributed by atoms with Crippen LogP contribution in [-0.2, 0) is 0 Å². The maximum Gasteiger partial charge on any atom is 0.183 e. The van der Waals surface area contributed by atoms with Crippen LogP contribution >= 0.6 is 11.6 Å². The van der Waals surface area contributed by atoms with E-state index in [1.807, 2.05) is 18.2 Å². The van der Waals surface area contributed by atoms with Gasteiger partial charge in [-0.05, 0) is 24.3 Å². The third kappa shape index (κ3) is 1.33. The average molecular weight is 232 g/mol. The summed E-state index contributed by atoms with van der Waals surface area (Å²) in [6, 6.07) is 7.26. The van der Waals surface area contributed by atoms with Gasteiger partial charge in [0.05, 0.1) is 0 Å². The van der Waals surface area contributed by atoms with Crippen LogP contribution in [0.2, 0.25) is 5.15 Å². The Kier molecular flexibility index (Phi) is 2.04. The van der Waals surface area contributed by atoms with Crippen LogP contribution in [0.5, 0.6) is 0 Å². The molecule has 0 N–H and O–H groups in total. The normalized spacial score (nSPS) is 10.8. The van der Waals surface area contributed by atoms with Crippen molar-refractivity contribution in [3.05, 3.63) is 41.8 Å². The molecule has 0 amide bonds. The van der Waals surface area contributed by atoms with Gasteiger partial charge >= 0.3 is 0 Å². The highest BCUT2D eigenvalue weighted by Gasteiger charge is 2.09. The van der Waals surface area contributed by atoms with Crippen LogP contribution in [0, 0.1) is 0 Å². The van der Waals surface area contributed by atoms with Crippen LogP contribution in [0.15, 0.2) is 36.7 Å². The molecule has 0 bridgehead atoms. The molecule has 0 aliphatic rings. The van der Waals surface area contributed by atoms with E-state index in [-0.39, 0.29) is 0 Å². The Morgan fingerprint density at radius 1 is 1.06 bits per heavy atom. The zero-order chi connectivity index (χ0) is 11.0. The van der Waals surface area contributed by atoms with Gasteiger partial charge in [-0.3, -0.25) is 0 Å². The molecular formula is C10H6ClN5. The highest BCUT2D eigenvalue weighted by molar-refractivity contribution is 6.31. The Morgan fingerprint density at radius 3 is 2.75 bits per heavy atom. The summed E-state index contributed by atoms with van der Waals surface area (Å²) in [6.07, 6.45) is 3.31. The molecule has 16 heavy (non-hydrogen) atoms. The fourth-order valence-corrected chi connectivity index (χ4v) is 1.66. The second kappa shape index (κ2) is 3.53. The van der Waals surface area contributed by atoms with Crippen molar-refractivity contribution in [1.82, 2.24) is 25.0 Å². The van der Waals surface area contributed by atoms with Gasteiger partial charge in [0.2, 0.25) is 0 Å². The van der Waals surface area contributed by atoms with E-state index in [1.165, 1.54) is 0 Å². The summed E-state index contributed by atoms with van der Waals surface area (Å²) in [7, 11) is 0. The van der Waals surface area contributed by atoms with Crippen molar-refractivity contribution in [3.63, 3.8) is 0 Å². The molecule has 0 spiro atoms. The van der Waals surface area contributed by atoms with E-state index in [4.69, 9.17) is 11.6 Å². The molecule has 0 unspecified atom stereocenters. The first kappa shape index (κ1) is 9.23. The van der Waals surface area contributed by atoms with Crippen LogP contribution in [0.3, 0.4) is 0 Å². The van der Waals surface area contributed by atoms with Crippen molar-refractivity contribution >= 4 is 22.8 Å². The van der Waals surface area contributed by atoms with Gasteiger partial charge in [-0.2, -0.15) is 4.68 Å². The molecule has 5 nitrogen and oxygen atoms in total. The Hall–Kier alpha value is -2.01. The molecule has 0 saturated carbocycles. The largest absolute Gasteiger partial charge is 0.242 e. The van der Waals surface area contributed by atoms with Crippen LogP contribution in [0.4, 0.5) is 0 Å². The summed E-state index contributed by atoms with van der Waals surface area (Å²) in [5.41, 5.74) is 2.06. The highest BCUT2D eigenvalue weighted by atomic mass is 35.5. The Morgan fingerprint density at radius 2 is 1.88 bits per heavy atom. The number of hydrogen-bond donors (Lipinski definition) is 0. The summed E-state index contributed by atoms with van der Waals surface area (Å²) in [5.74, 6) is 0. The first-order valence-corrected chi connectivity index (χ1v) is 5.01. The van der Waals surface area contributed by atoms with Crippen LogP contribution in [-0.4, -0.2) is 25.0 Å². The van der Waals surface area contributed by atoms with Crippen molar-refractivity contribution < 1.29 is 0 Å². The molecular weight excluding hydrogens is 226 g/mol. The van der Waals surface area contributed by atoms with E-state index in [0.717, 1.165) is 5.52 Å². The van der Waals surface area contributed by atoms with Crippen molar-refractivity contribution in [2.75, 3.05) is 0 Å². The smallest absolute Gasteiger partial charge is 0.183 e. The Balaban J connectivity index is 2.31. The lowest BCUT2D eigenvalue weighted by atomic mass is 10.4. The molecule has 3 heterocycles. The highest BCUT2D eigenvalue weighted by Crippen LogP contribution is 2.19. The molecule has 3 aromatic rings. The monoisotopic (exact) mass is 231 g/mol. The quantitative estimate of drug-likeness (QED) is 0.600. The molecule has 3 rings (SSSR count). The van der Waals surface area contributed by atoms with E-state index in [1.54, 1.807) is 23.1 Å². The number of hydrogen-bond acceptors (Lipinski definition) is 4. The minimum absolute atomic E-state index is 0.375. The molecule has 0 atom stereocenters. The van der Waals surface area contributed by atoms with Gasteiger partial charge in [0, 0.05) is 12.4 Å². The lowest BCUT2D eigenvalue weighted by molar-refractivity contribution is 0.813. The van der Waals surface area contributed by atoms with E-state index in [0.29, 0.717) is 16.5 Å². The molecule has 0 aliphatic carbocycles. The van der Waals surface area contributed by atoms with Gasteiger partial charge in [0.1, 0.15) is 11.2 Å². The molecule has 6 heteroatoms. The van der Waals surface area contributed by atoms with Crippen molar-refractivity contribution in [2.45, 2.75) is 0 Å². The standard InChI is InChI=1S/C10H6ClN5/c11-9-8(4-2-5-12-9)16-10-7(14-15-16)3-1-6-13-10/h1-6H. The van der Waals surface area contributed by atoms with Crippen molar-refractivity contribution in [1.29, 1.82) is 0 Å². The molecule has 0 saturated heterocycles. The van der Waals surface area contributed by atoms with Crippen LogP contribution in [0.25, 0.3) is 16.9 Å². The van der Waals surface area contributed by atoms with E-state index in [2.05, 4.69) is 20.3 Å². The number of fused-ring (bicyclic) bond motifs is 1. The summed E-state index contributed by atoms with van der Waals surface area (Å²) in [6.45, 7) is 0. The minimum Gasteiger partial charge on any atom is -0.242 e. The molecule has 0 radical (unpaired) electrons. The van der Waals surface area contributed by atoms with Gasteiger partial charge in [-0.15, -0.1) is 5.10 Å². The van der Waals surface area contributed by atoms with Crippen LogP contribution < -0.4 is 0 Å². The van der Waals surface area contributed by atoms with E-state index < -0.39 is 0 Å². The summed E-state index contributed by atoms with van der Waals surface area (Å²) < 4.78 is 1.57. The first-order valence-electron chi connectivity index (χ1n) is 4.63. The van der Waals surface area contributed by atoms with Gasteiger partial charge in [-0.25, -0.2) is 9.97 Å². The van der Waals surface area contributed by atoms with E-state index in [9.17, 15) is 0 Å². The van der Waals surface area contributed by atoms with E-state index >= 15 is 0 Å². The van der Waals surface area contributed by atoms with Crippen molar-refractivity contribution in [2.24, 2.45) is 0 Å². The third-order valence-electron chi connectivity index (χ3n) is 2.18. The zero-order valence-corrected chi connectivity index (χ0v) is 8.83.